The molecule has 0 aliphatic carbocycles. The van der Waals surface area contributed by atoms with Gasteiger partial charge in [-0.3, -0.25) is 4.79 Å². The standard InChI is InChI=1S/C19H24O2Si/c1-15-10-8-9-11-17(15)14-21-19(20)16(2)22(3,4)18-12-6-5-7-13-18/h5-13,16H,14H2,1-4H3/t16-/m1/s1. The maximum absolute atomic E-state index is 12.5. The van der Waals surface area contributed by atoms with Crippen LogP contribution in [-0.2, 0) is 16.1 Å². The van der Waals surface area contributed by atoms with Gasteiger partial charge < -0.3 is 4.74 Å². The van der Waals surface area contributed by atoms with Crippen molar-refractivity contribution in [3.05, 3.63) is 65.7 Å². The van der Waals surface area contributed by atoms with Crippen LogP contribution >= 0.6 is 0 Å². The summed E-state index contributed by atoms with van der Waals surface area (Å²) in [5, 5.41) is 1.29. The van der Waals surface area contributed by atoms with Crippen molar-refractivity contribution in [3.63, 3.8) is 0 Å². The number of hydrogen-bond donors (Lipinski definition) is 0. The Kier molecular flexibility index (Phi) is 5.19. The molecular formula is C19H24O2Si. The van der Waals surface area contributed by atoms with Crippen LogP contribution in [0, 0.1) is 6.92 Å². The molecule has 116 valence electrons. The summed E-state index contributed by atoms with van der Waals surface area (Å²) in [7, 11) is -1.87. The van der Waals surface area contributed by atoms with Crippen molar-refractivity contribution in [2.75, 3.05) is 0 Å². The van der Waals surface area contributed by atoms with E-state index in [2.05, 4.69) is 25.2 Å². The Morgan fingerprint density at radius 2 is 1.64 bits per heavy atom. The molecule has 0 unspecified atom stereocenters. The lowest BCUT2D eigenvalue weighted by atomic mass is 10.1. The van der Waals surface area contributed by atoms with Gasteiger partial charge >= 0.3 is 5.97 Å². The number of aryl methyl sites for hydroxylation is 1. The Morgan fingerprint density at radius 1 is 1.05 bits per heavy atom. The van der Waals surface area contributed by atoms with Crippen molar-refractivity contribution in [2.24, 2.45) is 0 Å². The first-order valence-corrected chi connectivity index (χ1v) is 10.8. The number of rotatable bonds is 5. The summed E-state index contributed by atoms with van der Waals surface area (Å²) in [6.07, 6.45) is 0. The smallest absolute Gasteiger partial charge is 0.306 e. The summed E-state index contributed by atoms with van der Waals surface area (Å²) in [5.74, 6) is -0.0937. The number of esters is 1. The van der Waals surface area contributed by atoms with Crippen LogP contribution in [0.25, 0.3) is 0 Å². The van der Waals surface area contributed by atoms with Gasteiger partial charge in [0.2, 0.25) is 0 Å². The van der Waals surface area contributed by atoms with Gasteiger partial charge in [-0.05, 0) is 18.1 Å². The Labute approximate surface area is 134 Å². The molecule has 0 aromatic heterocycles. The summed E-state index contributed by atoms with van der Waals surface area (Å²) in [4.78, 5) is 12.5. The first-order valence-electron chi connectivity index (χ1n) is 7.69. The van der Waals surface area contributed by atoms with Crippen molar-refractivity contribution in [2.45, 2.75) is 39.1 Å². The summed E-state index contributed by atoms with van der Waals surface area (Å²) >= 11 is 0. The van der Waals surface area contributed by atoms with Crippen molar-refractivity contribution < 1.29 is 9.53 Å². The van der Waals surface area contributed by atoms with Crippen LogP contribution in [0.4, 0.5) is 0 Å². The van der Waals surface area contributed by atoms with Crippen LogP contribution in [-0.4, -0.2) is 14.0 Å². The van der Waals surface area contributed by atoms with Crippen LogP contribution < -0.4 is 5.19 Å². The van der Waals surface area contributed by atoms with E-state index < -0.39 is 8.07 Å². The zero-order chi connectivity index (χ0) is 16.2. The van der Waals surface area contributed by atoms with E-state index in [0.717, 1.165) is 11.1 Å². The van der Waals surface area contributed by atoms with Gasteiger partial charge in [-0.15, -0.1) is 0 Å². The third-order valence-electron chi connectivity index (χ3n) is 4.59. The number of ether oxygens (including phenoxy) is 1. The van der Waals surface area contributed by atoms with Gasteiger partial charge in [-0.1, -0.05) is 79.8 Å². The quantitative estimate of drug-likeness (QED) is 0.615. The van der Waals surface area contributed by atoms with Crippen LogP contribution in [0.5, 0.6) is 0 Å². The highest BCUT2D eigenvalue weighted by Crippen LogP contribution is 2.23. The first-order chi connectivity index (χ1) is 10.4. The topological polar surface area (TPSA) is 26.3 Å². The summed E-state index contributed by atoms with van der Waals surface area (Å²) in [6.45, 7) is 8.84. The summed E-state index contributed by atoms with van der Waals surface area (Å²) < 4.78 is 5.57. The van der Waals surface area contributed by atoms with E-state index in [1.54, 1.807) is 0 Å². The third-order valence-corrected chi connectivity index (χ3v) is 8.81. The molecule has 0 bridgehead atoms. The summed E-state index contributed by atoms with van der Waals surface area (Å²) in [6, 6.07) is 18.3. The molecule has 2 aromatic rings. The van der Waals surface area contributed by atoms with Gasteiger partial charge in [0.1, 0.15) is 6.61 Å². The number of carbonyl (C=O) groups excluding carboxylic acids is 1. The molecule has 2 aromatic carbocycles. The van der Waals surface area contributed by atoms with Crippen molar-refractivity contribution in [1.82, 2.24) is 0 Å². The normalized spacial score (nSPS) is 12.7. The van der Waals surface area contributed by atoms with Gasteiger partial charge in [0, 0.05) is 0 Å². The molecule has 0 saturated carbocycles. The molecule has 2 nitrogen and oxygen atoms in total. The van der Waals surface area contributed by atoms with Gasteiger partial charge in [0.15, 0.2) is 0 Å². The Hall–Kier alpha value is -1.87. The highest BCUT2D eigenvalue weighted by molar-refractivity contribution is 6.93. The molecule has 0 amide bonds. The minimum absolute atomic E-state index is 0.0704. The lowest BCUT2D eigenvalue weighted by Crippen LogP contribution is -2.48. The fraction of sp³-hybridized carbons (Fsp3) is 0.316. The Morgan fingerprint density at radius 3 is 2.27 bits per heavy atom. The molecule has 0 aliphatic rings. The fourth-order valence-corrected chi connectivity index (χ4v) is 4.68. The molecule has 0 saturated heterocycles. The van der Waals surface area contributed by atoms with E-state index in [0.29, 0.717) is 6.61 Å². The molecule has 2 rings (SSSR count). The van der Waals surface area contributed by atoms with Crippen LogP contribution in [0.1, 0.15) is 18.1 Å². The van der Waals surface area contributed by atoms with Crippen LogP contribution in [0.15, 0.2) is 54.6 Å². The molecule has 1 atom stereocenters. The number of benzene rings is 2. The van der Waals surface area contributed by atoms with Crippen LogP contribution in [0.2, 0.25) is 18.6 Å². The van der Waals surface area contributed by atoms with E-state index in [1.807, 2.05) is 56.3 Å². The van der Waals surface area contributed by atoms with E-state index in [1.165, 1.54) is 5.19 Å². The molecule has 0 fully saturated rings. The average Bonchev–Trinajstić information content (AvgIpc) is 2.54. The molecule has 22 heavy (non-hydrogen) atoms. The fourth-order valence-electron chi connectivity index (χ4n) is 2.46. The average molecular weight is 312 g/mol. The largest absolute Gasteiger partial charge is 0.461 e. The van der Waals surface area contributed by atoms with E-state index in [4.69, 9.17) is 4.74 Å². The number of carbonyl (C=O) groups is 1. The summed E-state index contributed by atoms with van der Waals surface area (Å²) in [5.41, 5.74) is 2.16. The zero-order valence-electron chi connectivity index (χ0n) is 13.8. The molecule has 0 spiro atoms. The first kappa shape index (κ1) is 16.5. The van der Waals surface area contributed by atoms with Crippen LogP contribution in [0.3, 0.4) is 0 Å². The lowest BCUT2D eigenvalue weighted by molar-refractivity contribution is -0.144. The minimum atomic E-state index is -1.87. The molecule has 0 aliphatic heterocycles. The predicted octanol–water partition coefficient (Wildman–Crippen LogP) is 4.04. The minimum Gasteiger partial charge on any atom is -0.461 e. The lowest BCUT2D eigenvalue weighted by Gasteiger charge is -2.28. The monoisotopic (exact) mass is 312 g/mol. The van der Waals surface area contributed by atoms with Gasteiger partial charge in [-0.2, -0.15) is 0 Å². The van der Waals surface area contributed by atoms with Gasteiger partial charge in [0.05, 0.1) is 13.6 Å². The van der Waals surface area contributed by atoms with E-state index in [-0.39, 0.29) is 11.5 Å². The molecule has 0 N–H and O–H groups in total. The maximum atomic E-state index is 12.5. The van der Waals surface area contributed by atoms with Gasteiger partial charge in [-0.25, -0.2) is 0 Å². The molecule has 0 radical (unpaired) electrons. The van der Waals surface area contributed by atoms with Crippen molar-refractivity contribution >= 4 is 19.2 Å². The maximum Gasteiger partial charge on any atom is 0.306 e. The second-order valence-corrected chi connectivity index (χ2v) is 11.2. The highest BCUT2D eigenvalue weighted by atomic mass is 28.3. The highest BCUT2D eigenvalue weighted by Gasteiger charge is 2.36. The molecular weight excluding hydrogens is 288 g/mol. The van der Waals surface area contributed by atoms with E-state index >= 15 is 0 Å². The molecule has 0 heterocycles. The Bertz CT molecular complexity index is 635. The van der Waals surface area contributed by atoms with E-state index in [9.17, 15) is 4.79 Å². The van der Waals surface area contributed by atoms with Gasteiger partial charge in [0.25, 0.3) is 0 Å². The van der Waals surface area contributed by atoms with Crippen molar-refractivity contribution in [3.8, 4) is 0 Å². The number of hydrogen-bond acceptors (Lipinski definition) is 2. The molecule has 3 heteroatoms. The Balaban J connectivity index is 2.05. The second-order valence-electron chi connectivity index (χ2n) is 6.34. The SMILES string of the molecule is Cc1ccccc1COC(=O)[C@@H](C)[Si](C)(C)c1ccccc1. The zero-order valence-corrected chi connectivity index (χ0v) is 14.8. The van der Waals surface area contributed by atoms with Crippen molar-refractivity contribution in [1.29, 1.82) is 0 Å². The third kappa shape index (κ3) is 3.66. The second kappa shape index (κ2) is 6.92. The predicted molar refractivity (Wildman–Crippen MR) is 94.0 cm³/mol.